The molecule has 0 saturated carbocycles. The number of aromatic nitrogens is 4. The third-order valence-corrected chi connectivity index (χ3v) is 3.00. The highest BCUT2D eigenvalue weighted by atomic mass is 35.5. The van der Waals surface area contributed by atoms with Crippen LogP contribution >= 0.6 is 11.6 Å². The highest BCUT2D eigenvalue weighted by Crippen LogP contribution is 2.24. The maximum absolute atomic E-state index is 9.00. The molecule has 0 spiro atoms. The highest BCUT2D eigenvalue weighted by Gasteiger charge is 2.14. The van der Waals surface area contributed by atoms with Crippen LogP contribution in [0.4, 0.5) is 0 Å². The second-order valence-electron chi connectivity index (χ2n) is 3.87. The molecule has 92 valence electrons. The Labute approximate surface area is 114 Å². The molecular formula is C13H8ClN5. The standard InChI is InChI=1S/C13H8ClN5/c14-9-3-5-10(6-4-9)19-7-1-2-12(19)13-11(8-15)16-18-17-13/h1-7H,(H,16,17,18). The van der Waals surface area contributed by atoms with E-state index in [2.05, 4.69) is 15.4 Å². The number of benzene rings is 1. The molecule has 1 aromatic carbocycles. The van der Waals surface area contributed by atoms with E-state index in [1.165, 1.54) is 0 Å². The van der Waals surface area contributed by atoms with Gasteiger partial charge >= 0.3 is 0 Å². The number of hydrogen-bond donors (Lipinski definition) is 1. The van der Waals surface area contributed by atoms with Gasteiger partial charge in [0.1, 0.15) is 11.8 Å². The normalized spacial score (nSPS) is 10.3. The summed E-state index contributed by atoms with van der Waals surface area (Å²) in [6.07, 6.45) is 1.90. The minimum atomic E-state index is 0.272. The number of nitriles is 1. The Hall–Kier alpha value is -2.58. The number of halogens is 1. The lowest BCUT2D eigenvalue weighted by molar-refractivity contribution is 0.934. The zero-order valence-electron chi connectivity index (χ0n) is 9.71. The summed E-state index contributed by atoms with van der Waals surface area (Å²) >= 11 is 5.88. The van der Waals surface area contributed by atoms with Crippen LogP contribution in [-0.4, -0.2) is 20.0 Å². The van der Waals surface area contributed by atoms with E-state index in [4.69, 9.17) is 16.9 Å². The Morgan fingerprint density at radius 3 is 2.68 bits per heavy atom. The molecule has 2 aromatic heterocycles. The van der Waals surface area contributed by atoms with Crippen LogP contribution in [0.5, 0.6) is 0 Å². The Bertz CT molecular complexity index is 748. The predicted molar refractivity (Wildman–Crippen MR) is 70.9 cm³/mol. The summed E-state index contributed by atoms with van der Waals surface area (Å²) in [6, 6.07) is 13.2. The van der Waals surface area contributed by atoms with Crippen LogP contribution in [0.25, 0.3) is 17.1 Å². The topological polar surface area (TPSA) is 70.3 Å². The smallest absolute Gasteiger partial charge is 0.191 e. The summed E-state index contributed by atoms with van der Waals surface area (Å²) in [4.78, 5) is 0. The molecule has 19 heavy (non-hydrogen) atoms. The second-order valence-corrected chi connectivity index (χ2v) is 4.31. The molecule has 0 fully saturated rings. The van der Waals surface area contributed by atoms with Gasteiger partial charge in [0.05, 0.1) is 5.69 Å². The van der Waals surface area contributed by atoms with Crippen molar-refractivity contribution in [3.8, 4) is 23.1 Å². The van der Waals surface area contributed by atoms with Gasteiger partial charge in [0.25, 0.3) is 0 Å². The van der Waals surface area contributed by atoms with E-state index in [1.807, 2.05) is 53.2 Å². The number of aromatic amines is 1. The molecule has 0 aliphatic heterocycles. The monoisotopic (exact) mass is 269 g/mol. The molecule has 0 aliphatic rings. The fourth-order valence-electron chi connectivity index (χ4n) is 1.89. The van der Waals surface area contributed by atoms with Crippen LogP contribution in [0.1, 0.15) is 5.69 Å². The van der Waals surface area contributed by atoms with Gasteiger partial charge in [-0.3, -0.25) is 0 Å². The highest BCUT2D eigenvalue weighted by molar-refractivity contribution is 6.30. The van der Waals surface area contributed by atoms with Crippen LogP contribution in [0.3, 0.4) is 0 Å². The summed E-state index contributed by atoms with van der Waals surface area (Å²) in [5, 5.41) is 20.0. The average Bonchev–Trinajstić information content (AvgIpc) is 3.07. The molecule has 3 aromatic rings. The number of H-pyrrole nitrogens is 1. The number of nitrogens with one attached hydrogen (secondary N) is 1. The summed E-state index contributed by atoms with van der Waals surface area (Å²) in [6.45, 7) is 0. The lowest BCUT2D eigenvalue weighted by Crippen LogP contribution is -1.96. The van der Waals surface area contributed by atoms with Gasteiger partial charge in [-0.2, -0.15) is 15.6 Å². The largest absolute Gasteiger partial charge is 0.315 e. The van der Waals surface area contributed by atoms with E-state index in [9.17, 15) is 0 Å². The van der Waals surface area contributed by atoms with Crippen molar-refractivity contribution in [1.82, 2.24) is 20.0 Å². The van der Waals surface area contributed by atoms with E-state index in [0.29, 0.717) is 10.7 Å². The van der Waals surface area contributed by atoms with Crippen molar-refractivity contribution >= 4 is 11.6 Å². The molecule has 1 N–H and O–H groups in total. The first-order valence-electron chi connectivity index (χ1n) is 5.54. The van der Waals surface area contributed by atoms with Crippen molar-refractivity contribution in [2.24, 2.45) is 0 Å². The SMILES string of the molecule is N#Cc1n[nH]nc1-c1cccn1-c1ccc(Cl)cc1. The van der Waals surface area contributed by atoms with Crippen LogP contribution in [0.2, 0.25) is 5.02 Å². The molecule has 0 unspecified atom stereocenters. The van der Waals surface area contributed by atoms with E-state index in [0.717, 1.165) is 11.4 Å². The number of nitrogens with zero attached hydrogens (tertiary/aromatic N) is 4. The molecule has 0 radical (unpaired) electrons. The predicted octanol–water partition coefficient (Wildman–Crippen LogP) is 2.79. The molecule has 0 saturated heterocycles. The lowest BCUT2D eigenvalue weighted by atomic mass is 10.2. The summed E-state index contributed by atoms with van der Waals surface area (Å²) < 4.78 is 1.93. The third kappa shape index (κ3) is 1.98. The molecule has 0 atom stereocenters. The number of hydrogen-bond acceptors (Lipinski definition) is 3. The van der Waals surface area contributed by atoms with Gasteiger partial charge in [0, 0.05) is 16.9 Å². The first kappa shape index (κ1) is 11.5. The van der Waals surface area contributed by atoms with Crippen molar-refractivity contribution in [2.75, 3.05) is 0 Å². The fourth-order valence-corrected chi connectivity index (χ4v) is 2.01. The van der Waals surface area contributed by atoms with Gasteiger partial charge in [-0.25, -0.2) is 0 Å². The first-order valence-corrected chi connectivity index (χ1v) is 5.92. The average molecular weight is 270 g/mol. The van der Waals surface area contributed by atoms with Crippen molar-refractivity contribution < 1.29 is 0 Å². The maximum Gasteiger partial charge on any atom is 0.191 e. The van der Waals surface area contributed by atoms with Crippen LogP contribution in [0.15, 0.2) is 42.6 Å². The molecule has 6 heteroatoms. The van der Waals surface area contributed by atoms with Crippen LogP contribution < -0.4 is 0 Å². The Kier molecular flexibility index (Phi) is 2.78. The zero-order chi connectivity index (χ0) is 13.2. The fraction of sp³-hybridized carbons (Fsp3) is 0. The quantitative estimate of drug-likeness (QED) is 0.778. The minimum Gasteiger partial charge on any atom is -0.315 e. The molecular weight excluding hydrogens is 262 g/mol. The Morgan fingerprint density at radius 1 is 1.16 bits per heavy atom. The summed E-state index contributed by atoms with van der Waals surface area (Å²) in [5.41, 5.74) is 2.54. The van der Waals surface area contributed by atoms with Gasteiger partial charge in [-0.15, -0.1) is 5.10 Å². The Balaban J connectivity index is 2.14. The molecule has 2 heterocycles. The summed E-state index contributed by atoms with van der Waals surface area (Å²) in [7, 11) is 0. The van der Waals surface area contributed by atoms with E-state index in [-0.39, 0.29) is 5.69 Å². The first-order chi connectivity index (χ1) is 9.29. The molecule has 3 rings (SSSR count). The van der Waals surface area contributed by atoms with Crippen molar-refractivity contribution in [2.45, 2.75) is 0 Å². The van der Waals surface area contributed by atoms with Gasteiger partial charge in [-0.1, -0.05) is 11.6 Å². The van der Waals surface area contributed by atoms with E-state index in [1.54, 1.807) is 0 Å². The summed E-state index contributed by atoms with van der Waals surface area (Å²) in [5.74, 6) is 0. The molecule has 0 aliphatic carbocycles. The van der Waals surface area contributed by atoms with E-state index < -0.39 is 0 Å². The van der Waals surface area contributed by atoms with Crippen molar-refractivity contribution in [3.05, 3.63) is 53.3 Å². The Morgan fingerprint density at radius 2 is 1.95 bits per heavy atom. The second kappa shape index (κ2) is 4.59. The van der Waals surface area contributed by atoms with Crippen molar-refractivity contribution in [1.29, 1.82) is 5.26 Å². The van der Waals surface area contributed by atoms with Gasteiger partial charge in [0.15, 0.2) is 5.69 Å². The van der Waals surface area contributed by atoms with E-state index >= 15 is 0 Å². The lowest BCUT2D eigenvalue weighted by Gasteiger charge is -2.07. The minimum absolute atomic E-state index is 0.272. The third-order valence-electron chi connectivity index (χ3n) is 2.75. The van der Waals surface area contributed by atoms with Crippen molar-refractivity contribution in [3.63, 3.8) is 0 Å². The van der Waals surface area contributed by atoms with Gasteiger partial charge < -0.3 is 4.57 Å². The van der Waals surface area contributed by atoms with Gasteiger partial charge in [0.2, 0.25) is 0 Å². The van der Waals surface area contributed by atoms with Gasteiger partial charge in [-0.05, 0) is 36.4 Å². The number of rotatable bonds is 2. The van der Waals surface area contributed by atoms with Crippen LogP contribution in [0, 0.1) is 11.3 Å². The molecule has 0 amide bonds. The van der Waals surface area contributed by atoms with Crippen LogP contribution in [-0.2, 0) is 0 Å². The zero-order valence-corrected chi connectivity index (χ0v) is 10.5. The molecule has 0 bridgehead atoms. The molecule has 5 nitrogen and oxygen atoms in total. The maximum atomic E-state index is 9.00.